The van der Waals surface area contributed by atoms with Gasteiger partial charge in [-0.05, 0) is 56.2 Å². The summed E-state index contributed by atoms with van der Waals surface area (Å²) in [4.78, 5) is 12.5. The normalized spacial score (nSPS) is 21.7. The molecule has 1 aromatic heterocycles. The molecule has 1 aromatic carbocycles. The molecule has 150 valence electrons. The fourth-order valence-corrected chi connectivity index (χ4v) is 5.34. The van der Waals surface area contributed by atoms with Crippen molar-refractivity contribution in [2.75, 3.05) is 39.3 Å². The van der Waals surface area contributed by atoms with Crippen LogP contribution in [0.4, 0.5) is 5.95 Å². The number of aromatic nitrogens is 2. The molecule has 1 aliphatic heterocycles. The molecule has 1 saturated heterocycles. The molecule has 0 radical (unpaired) electrons. The highest BCUT2D eigenvalue weighted by molar-refractivity contribution is 7.98. The number of ether oxygens (including phenoxy) is 2. The van der Waals surface area contributed by atoms with Crippen molar-refractivity contribution in [2.45, 2.75) is 42.5 Å². The molecule has 2 aromatic rings. The van der Waals surface area contributed by atoms with Crippen molar-refractivity contribution in [3.05, 3.63) is 35.2 Å². The molecule has 0 saturated carbocycles. The molecular formula is C21H28N4O2S. The zero-order chi connectivity index (χ0) is 19.7. The molecule has 28 heavy (non-hydrogen) atoms. The third-order valence-corrected chi connectivity index (χ3v) is 6.85. The lowest BCUT2D eigenvalue weighted by molar-refractivity contribution is 0.135. The number of hydrogen-bond acceptors (Lipinski definition) is 7. The molecule has 2 heterocycles. The highest BCUT2D eigenvalue weighted by Gasteiger charge is 2.43. The van der Waals surface area contributed by atoms with E-state index in [1.165, 1.54) is 17.7 Å². The molecule has 1 spiro atoms. The van der Waals surface area contributed by atoms with Gasteiger partial charge in [0, 0.05) is 30.3 Å². The molecule has 1 atom stereocenters. The van der Waals surface area contributed by atoms with Crippen molar-refractivity contribution >= 4 is 17.7 Å². The van der Waals surface area contributed by atoms with Crippen LogP contribution in [0.1, 0.15) is 36.1 Å². The molecule has 4 rings (SSSR count). The number of nitrogens with two attached hydrogens (primary N) is 1. The van der Waals surface area contributed by atoms with Crippen LogP contribution in [0, 0.1) is 0 Å². The topological polar surface area (TPSA) is 73.5 Å². The summed E-state index contributed by atoms with van der Waals surface area (Å²) in [6, 6.07) is 4.20. The molecule has 2 N–H and O–H groups in total. The van der Waals surface area contributed by atoms with Crippen molar-refractivity contribution in [3.63, 3.8) is 0 Å². The minimum absolute atomic E-state index is 0.0984. The first kappa shape index (κ1) is 19.3. The Bertz CT molecular complexity index is 872. The van der Waals surface area contributed by atoms with Gasteiger partial charge in [0.25, 0.3) is 0 Å². The molecule has 7 heteroatoms. The first-order valence-electron chi connectivity index (χ1n) is 9.71. The number of methoxy groups -OCH3 is 2. The molecule has 1 aliphatic carbocycles. The van der Waals surface area contributed by atoms with E-state index in [4.69, 9.17) is 15.2 Å². The Balaban J connectivity index is 1.60. The highest BCUT2D eigenvalue weighted by Crippen LogP contribution is 2.44. The minimum atomic E-state index is 0.0984. The summed E-state index contributed by atoms with van der Waals surface area (Å²) in [6.07, 6.45) is 8.47. The van der Waals surface area contributed by atoms with Gasteiger partial charge in [0.05, 0.1) is 24.8 Å². The van der Waals surface area contributed by atoms with E-state index < -0.39 is 0 Å². The van der Waals surface area contributed by atoms with Crippen LogP contribution in [0.5, 0.6) is 11.5 Å². The molecule has 2 aliphatic rings. The number of thioether (sulfide) groups is 1. The van der Waals surface area contributed by atoms with E-state index in [-0.39, 0.29) is 5.41 Å². The average Bonchev–Trinajstić information content (AvgIpc) is 3.04. The lowest BCUT2D eigenvalue weighted by Crippen LogP contribution is -2.45. The monoisotopic (exact) mass is 400 g/mol. The molecular weight excluding hydrogens is 372 g/mol. The van der Waals surface area contributed by atoms with Crippen LogP contribution in [0.3, 0.4) is 0 Å². The van der Waals surface area contributed by atoms with E-state index >= 15 is 0 Å². The number of benzene rings is 1. The number of piperidine rings is 1. The number of nitrogens with zero attached hydrogens (tertiary/aromatic N) is 3. The molecule has 0 bridgehead atoms. The van der Waals surface area contributed by atoms with Gasteiger partial charge in [-0.2, -0.15) is 0 Å². The van der Waals surface area contributed by atoms with Gasteiger partial charge < -0.3 is 15.2 Å². The zero-order valence-electron chi connectivity index (χ0n) is 16.8. The third kappa shape index (κ3) is 3.42. The maximum Gasteiger partial charge on any atom is 0.220 e. The first-order chi connectivity index (χ1) is 13.6. The largest absolute Gasteiger partial charge is 0.496 e. The van der Waals surface area contributed by atoms with E-state index in [1.807, 2.05) is 6.20 Å². The van der Waals surface area contributed by atoms with Gasteiger partial charge in [0.2, 0.25) is 5.95 Å². The average molecular weight is 401 g/mol. The summed E-state index contributed by atoms with van der Waals surface area (Å²) in [5.41, 5.74) is 9.60. The van der Waals surface area contributed by atoms with Crippen molar-refractivity contribution < 1.29 is 9.47 Å². The second-order valence-electron chi connectivity index (χ2n) is 7.72. The Morgan fingerprint density at radius 1 is 1.21 bits per heavy atom. The Hall–Kier alpha value is -1.99. The predicted molar refractivity (Wildman–Crippen MR) is 112 cm³/mol. The van der Waals surface area contributed by atoms with E-state index in [9.17, 15) is 0 Å². The van der Waals surface area contributed by atoms with Gasteiger partial charge in [-0.15, -0.1) is 11.8 Å². The predicted octanol–water partition coefficient (Wildman–Crippen LogP) is 3.28. The SMILES string of the molecule is COc1cc(SC)c(OC)cc1CN1CCCC2(CCc3cnc(N)nc32)C1. The second-order valence-corrected chi connectivity index (χ2v) is 8.56. The number of anilines is 1. The number of likely N-dealkylation sites (tertiary alicyclic amines) is 1. The number of fused-ring (bicyclic) bond motifs is 2. The Kier molecular flexibility index (Phi) is 5.38. The van der Waals surface area contributed by atoms with Crippen molar-refractivity contribution in [3.8, 4) is 11.5 Å². The summed E-state index contributed by atoms with van der Waals surface area (Å²) >= 11 is 1.67. The quantitative estimate of drug-likeness (QED) is 0.772. The van der Waals surface area contributed by atoms with Crippen LogP contribution >= 0.6 is 11.8 Å². The number of rotatable bonds is 5. The lowest BCUT2D eigenvalue weighted by atomic mass is 9.77. The van der Waals surface area contributed by atoms with E-state index in [1.54, 1.807) is 26.0 Å². The van der Waals surface area contributed by atoms with Gasteiger partial charge in [-0.1, -0.05) is 0 Å². The maximum atomic E-state index is 5.91. The number of nitrogen functional groups attached to an aromatic ring is 1. The van der Waals surface area contributed by atoms with Gasteiger partial charge in [0.15, 0.2) is 0 Å². The van der Waals surface area contributed by atoms with Crippen molar-refractivity contribution in [2.24, 2.45) is 0 Å². The van der Waals surface area contributed by atoms with Crippen LogP contribution in [0.25, 0.3) is 0 Å². The molecule has 0 amide bonds. The summed E-state index contributed by atoms with van der Waals surface area (Å²) < 4.78 is 11.3. The Morgan fingerprint density at radius 3 is 2.79 bits per heavy atom. The lowest BCUT2D eigenvalue weighted by Gasteiger charge is -2.40. The van der Waals surface area contributed by atoms with E-state index in [0.29, 0.717) is 5.95 Å². The third-order valence-electron chi connectivity index (χ3n) is 6.09. The molecule has 1 unspecified atom stereocenters. The van der Waals surface area contributed by atoms with Crippen molar-refractivity contribution in [1.82, 2.24) is 14.9 Å². The fraction of sp³-hybridized carbons (Fsp3) is 0.524. The molecule has 1 fully saturated rings. The van der Waals surface area contributed by atoms with Crippen molar-refractivity contribution in [1.29, 1.82) is 0 Å². The zero-order valence-corrected chi connectivity index (χ0v) is 17.6. The van der Waals surface area contributed by atoms with Crippen LogP contribution in [-0.2, 0) is 18.4 Å². The van der Waals surface area contributed by atoms with Gasteiger partial charge in [-0.3, -0.25) is 4.90 Å². The maximum absolute atomic E-state index is 5.91. The minimum Gasteiger partial charge on any atom is -0.496 e. The van der Waals surface area contributed by atoms with Gasteiger partial charge in [0.1, 0.15) is 11.5 Å². The number of aryl methyl sites for hydroxylation is 1. The number of hydrogen-bond donors (Lipinski definition) is 1. The van der Waals surface area contributed by atoms with Crippen LogP contribution in [0.15, 0.2) is 23.2 Å². The highest BCUT2D eigenvalue weighted by atomic mass is 32.2. The summed E-state index contributed by atoms with van der Waals surface area (Å²) in [5, 5.41) is 0. The molecule has 6 nitrogen and oxygen atoms in total. The van der Waals surface area contributed by atoms with Gasteiger partial charge in [-0.25, -0.2) is 9.97 Å². The Labute approximate surface area is 170 Å². The Morgan fingerprint density at radius 2 is 2.04 bits per heavy atom. The smallest absolute Gasteiger partial charge is 0.220 e. The van der Waals surface area contributed by atoms with Crippen LogP contribution in [-0.4, -0.2) is 48.4 Å². The van der Waals surface area contributed by atoms with E-state index in [2.05, 4.69) is 33.3 Å². The van der Waals surface area contributed by atoms with Crippen LogP contribution < -0.4 is 15.2 Å². The summed E-state index contributed by atoms with van der Waals surface area (Å²) in [7, 11) is 3.46. The standard InChI is InChI=1S/C21H28N4O2S/c1-26-16-10-18(28-3)17(27-2)9-15(16)12-25-8-4-6-21(13-25)7-5-14-11-23-20(22)24-19(14)21/h9-11H,4-8,12-13H2,1-3H3,(H2,22,23,24). The van der Waals surface area contributed by atoms with Crippen LogP contribution in [0.2, 0.25) is 0 Å². The fourth-order valence-electron chi connectivity index (χ4n) is 4.77. The first-order valence-corrected chi connectivity index (χ1v) is 10.9. The van der Waals surface area contributed by atoms with Gasteiger partial charge >= 0.3 is 0 Å². The summed E-state index contributed by atoms with van der Waals surface area (Å²) in [5.74, 6) is 2.21. The second kappa shape index (κ2) is 7.79. The van der Waals surface area contributed by atoms with E-state index in [0.717, 1.165) is 60.9 Å². The summed E-state index contributed by atoms with van der Waals surface area (Å²) in [6.45, 7) is 2.91.